The van der Waals surface area contributed by atoms with Crippen molar-refractivity contribution in [3.05, 3.63) is 73.7 Å². The van der Waals surface area contributed by atoms with Gasteiger partial charge in [0.25, 0.3) is 5.91 Å². The number of hydrogen-bond donors (Lipinski definition) is 1. The van der Waals surface area contributed by atoms with Gasteiger partial charge >= 0.3 is 18.5 Å². The van der Waals surface area contributed by atoms with Gasteiger partial charge < -0.3 is 5.32 Å². The zero-order chi connectivity index (χ0) is 31.3. The number of carbonyl (C=O) groups is 2. The van der Waals surface area contributed by atoms with Gasteiger partial charge in [0, 0.05) is 18.9 Å². The molecule has 41 heavy (non-hydrogen) atoms. The molecule has 2 aromatic rings. The van der Waals surface area contributed by atoms with Crippen LogP contribution in [-0.2, 0) is 11.0 Å². The minimum absolute atomic E-state index is 0.0310. The van der Waals surface area contributed by atoms with Gasteiger partial charge in [-0.2, -0.15) is 39.5 Å². The topological polar surface area (TPSA) is 46.2 Å². The van der Waals surface area contributed by atoms with Gasteiger partial charge in [-0.1, -0.05) is 59.9 Å². The molecule has 226 valence electrons. The lowest BCUT2D eigenvalue weighted by atomic mass is 9.96. The highest BCUT2D eigenvalue weighted by atomic mass is 35.5. The lowest BCUT2D eigenvalue weighted by Gasteiger charge is -2.20. The first-order valence-electron chi connectivity index (χ1n) is 11.7. The molecule has 0 aliphatic rings. The van der Waals surface area contributed by atoms with Crippen molar-refractivity contribution in [2.45, 2.75) is 63.1 Å². The van der Waals surface area contributed by atoms with Gasteiger partial charge in [0.05, 0.1) is 38.5 Å². The Morgan fingerprint density at radius 1 is 0.927 bits per heavy atom. The Hall–Kier alpha value is -2.44. The van der Waals surface area contributed by atoms with Crippen LogP contribution in [-0.4, -0.2) is 30.1 Å². The van der Waals surface area contributed by atoms with Crippen molar-refractivity contribution in [3.8, 4) is 0 Å². The number of halogens is 12. The summed E-state index contributed by atoms with van der Waals surface area (Å²) >= 11 is 17.4. The van der Waals surface area contributed by atoms with Gasteiger partial charge in [-0.15, -0.1) is 0 Å². The predicted octanol–water partition coefficient (Wildman–Crippen LogP) is 9.83. The normalized spacial score (nSPS) is 14.3. The zero-order valence-corrected chi connectivity index (χ0v) is 23.1. The first kappa shape index (κ1) is 34.8. The van der Waals surface area contributed by atoms with Gasteiger partial charge in [0.15, 0.2) is 0 Å². The number of carbonyl (C=O) groups excluding carboxylic acids is 2. The summed E-state index contributed by atoms with van der Waals surface area (Å²) in [5.41, 5.74) is -3.12. The highest BCUT2D eigenvalue weighted by Crippen LogP contribution is 2.41. The molecule has 15 heteroatoms. The number of ketones is 1. The Kier molecular flexibility index (Phi) is 11.6. The molecule has 0 bridgehead atoms. The fourth-order valence-electron chi connectivity index (χ4n) is 3.69. The van der Waals surface area contributed by atoms with Crippen LogP contribution in [0, 0.1) is 0 Å². The number of amides is 1. The number of allylic oxidation sites excluding steroid dienone is 1. The van der Waals surface area contributed by atoms with E-state index in [1.165, 1.54) is 6.92 Å². The molecular weight excluding hydrogens is 636 g/mol. The van der Waals surface area contributed by atoms with Crippen LogP contribution in [0.1, 0.15) is 65.6 Å². The second-order valence-corrected chi connectivity index (χ2v) is 10.1. The Morgan fingerprint density at radius 3 is 2.00 bits per heavy atom. The van der Waals surface area contributed by atoms with Crippen molar-refractivity contribution in [1.29, 1.82) is 0 Å². The lowest BCUT2D eigenvalue weighted by molar-refractivity contribution is -0.143. The molecule has 0 heterocycles. The highest BCUT2D eigenvalue weighted by molar-refractivity contribution is 6.48. The average Bonchev–Trinajstić information content (AvgIpc) is 2.83. The minimum Gasteiger partial charge on any atom is -0.349 e. The van der Waals surface area contributed by atoms with E-state index in [1.807, 2.05) is 0 Å². The van der Waals surface area contributed by atoms with Gasteiger partial charge in [-0.25, -0.2) is 0 Å². The Bertz CT molecular complexity index is 1270. The second-order valence-electron chi connectivity index (χ2n) is 8.92. The maximum absolute atomic E-state index is 13.8. The summed E-state index contributed by atoms with van der Waals surface area (Å²) in [7, 11) is 0. The third-order valence-corrected chi connectivity index (χ3v) is 6.98. The van der Waals surface area contributed by atoms with Crippen LogP contribution in [0.3, 0.4) is 0 Å². The van der Waals surface area contributed by atoms with E-state index in [0.717, 1.165) is 30.3 Å². The van der Waals surface area contributed by atoms with Gasteiger partial charge in [-0.3, -0.25) is 9.59 Å². The van der Waals surface area contributed by atoms with Crippen LogP contribution in [0.2, 0.25) is 15.1 Å². The Labute approximate surface area is 243 Å². The summed E-state index contributed by atoms with van der Waals surface area (Å²) in [5, 5.41) is 1.50. The summed E-state index contributed by atoms with van der Waals surface area (Å²) in [6.45, 7) is 1.47. The quantitative estimate of drug-likeness (QED) is 0.204. The van der Waals surface area contributed by atoms with E-state index >= 15 is 0 Å². The number of rotatable bonds is 10. The third-order valence-electron chi connectivity index (χ3n) is 5.78. The van der Waals surface area contributed by atoms with Crippen molar-refractivity contribution >= 4 is 52.6 Å². The minimum atomic E-state index is -5.11. The molecule has 3 nitrogen and oxygen atoms in total. The molecule has 0 aromatic heterocycles. The summed E-state index contributed by atoms with van der Waals surface area (Å²) in [6.07, 6.45) is -15.9. The van der Waals surface area contributed by atoms with Gasteiger partial charge in [0.2, 0.25) is 0 Å². The van der Waals surface area contributed by atoms with Crippen molar-refractivity contribution < 1.29 is 49.1 Å². The third kappa shape index (κ3) is 10.4. The molecule has 0 aliphatic heterocycles. The van der Waals surface area contributed by atoms with E-state index in [0.29, 0.717) is 12.1 Å². The standard InChI is InChI=1S/C26H21Cl3F9NO2/c1-2-15(12-16(40)7-8-24(30,31)32)39-23(41)17-5-3-13(9-19(17)26(36,37)38)4-6-18(25(33,34)35)14-10-20(27)22(29)21(28)11-14/h3-6,9-11,15,18H,2,7-8,12H2,1H3,(H,39,41)/b6-4+/t15-,18?/m1/s1. The maximum Gasteiger partial charge on any atom is 0.417 e. The molecule has 0 spiro atoms. The molecule has 2 atom stereocenters. The number of hydrogen-bond acceptors (Lipinski definition) is 2. The molecule has 0 saturated heterocycles. The van der Waals surface area contributed by atoms with Crippen LogP contribution in [0.25, 0.3) is 6.08 Å². The zero-order valence-electron chi connectivity index (χ0n) is 20.9. The van der Waals surface area contributed by atoms with E-state index in [1.54, 1.807) is 0 Å². The van der Waals surface area contributed by atoms with E-state index in [-0.39, 0.29) is 27.1 Å². The SMILES string of the molecule is CC[C@H](CC(=O)CCC(F)(F)F)NC(=O)c1ccc(/C=C/C(c2cc(Cl)c(Cl)c(Cl)c2)C(F)(F)F)cc1C(F)(F)F. The van der Waals surface area contributed by atoms with Crippen LogP contribution in [0.4, 0.5) is 39.5 Å². The number of alkyl halides is 9. The maximum atomic E-state index is 13.8. The molecule has 0 saturated carbocycles. The number of Topliss-reactive ketones (excluding diaryl/α,β-unsaturated/α-hetero) is 1. The fourth-order valence-corrected chi connectivity index (χ4v) is 4.30. The highest BCUT2D eigenvalue weighted by Gasteiger charge is 2.40. The van der Waals surface area contributed by atoms with Gasteiger partial charge in [-0.05, 0) is 41.8 Å². The molecule has 0 radical (unpaired) electrons. The second kappa shape index (κ2) is 13.7. The van der Waals surface area contributed by atoms with Gasteiger partial charge in [0.1, 0.15) is 5.78 Å². The fraction of sp³-hybridized carbons (Fsp3) is 0.385. The first-order valence-corrected chi connectivity index (χ1v) is 12.9. The van der Waals surface area contributed by atoms with Crippen LogP contribution < -0.4 is 5.32 Å². The smallest absolute Gasteiger partial charge is 0.349 e. The predicted molar refractivity (Wildman–Crippen MR) is 137 cm³/mol. The van der Waals surface area contributed by atoms with E-state index in [4.69, 9.17) is 34.8 Å². The molecule has 2 rings (SSSR count). The van der Waals surface area contributed by atoms with Crippen molar-refractivity contribution in [1.82, 2.24) is 5.32 Å². The molecule has 1 amide bonds. The largest absolute Gasteiger partial charge is 0.417 e. The van der Waals surface area contributed by atoms with E-state index in [2.05, 4.69) is 5.32 Å². The summed E-state index contributed by atoms with van der Waals surface area (Å²) in [5.74, 6) is -4.43. The average molecular weight is 657 g/mol. The molecule has 2 aromatic carbocycles. The molecule has 1 unspecified atom stereocenters. The molecule has 1 N–H and O–H groups in total. The molecule has 0 fully saturated rings. The molecular formula is C26H21Cl3F9NO2. The van der Waals surface area contributed by atoms with Crippen LogP contribution in [0.5, 0.6) is 0 Å². The summed E-state index contributed by atoms with van der Waals surface area (Å²) in [6, 6.07) is 2.99. The monoisotopic (exact) mass is 655 g/mol. The molecule has 0 aliphatic carbocycles. The summed E-state index contributed by atoms with van der Waals surface area (Å²) < 4.78 is 120. The summed E-state index contributed by atoms with van der Waals surface area (Å²) in [4.78, 5) is 24.5. The van der Waals surface area contributed by atoms with Crippen molar-refractivity contribution in [3.63, 3.8) is 0 Å². The number of benzene rings is 2. The lowest BCUT2D eigenvalue weighted by Crippen LogP contribution is -2.37. The van der Waals surface area contributed by atoms with Crippen molar-refractivity contribution in [2.24, 2.45) is 0 Å². The van der Waals surface area contributed by atoms with Crippen LogP contribution in [0.15, 0.2) is 36.4 Å². The number of nitrogens with one attached hydrogen (secondary N) is 1. The van der Waals surface area contributed by atoms with E-state index in [9.17, 15) is 49.1 Å². The first-order chi connectivity index (χ1) is 18.7. The Balaban J connectivity index is 2.35. The van der Waals surface area contributed by atoms with E-state index < -0.39 is 78.1 Å². The van der Waals surface area contributed by atoms with Crippen molar-refractivity contribution in [2.75, 3.05) is 0 Å². The Morgan fingerprint density at radius 2 is 1.51 bits per heavy atom. The van der Waals surface area contributed by atoms with Crippen LogP contribution >= 0.6 is 34.8 Å².